The van der Waals surface area contributed by atoms with Gasteiger partial charge in [0, 0.05) is 16.6 Å². The van der Waals surface area contributed by atoms with Crippen LogP contribution < -0.4 is 10.6 Å². The number of carbonyl (C=O) groups excluding carboxylic acids is 1. The number of carboxylic acid groups (broad SMARTS) is 1. The van der Waals surface area contributed by atoms with Crippen molar-refractivity contribution in [2.45, 2.75) is 18.5 Å². The van der Waals surface area contributed by atoms with Crippen LogP contribution in [0.2, 0.25) is 0 Å². The third-order valence-electron chi connectivity index (χ3n) is 2.71. The highest BCUT2D eigenvalue weighted by molar-refractivity contribution is 9.10. The number of hydrogen-bond donors (Lipinski definition) is 2. The maximum atomic E-state index is 11.9. The van der Waals surface area contributed by atoms with Crippen LogP contribution >= 0.6 is 15.9 Å². The lowest BCUT2D eigenvalue weighted by Crippen LogP contribution is -2.40. The van der Waals surface area contributed by atoms with Crippen LogP contribution in [-0.4, -0.2) is 29.1 Å². The molecule has 1 saturated heterocycles. The van der Waals surface area contributed by atoms with Crippen LogP contribution in [0.3, 0.4) is 0 Å². The van der Waals surface area contributed by atoms with Crippen LogP contribution in [0.4, 0.5) is 5.69 Å². The van der Waals surface area contributed by atoms with Gasteiger partial charge >= 0.3 is 5.97 Å². The maximum absolute atomic E-state index is 11.9. The van der Waals surface area contributed by atoms with E-state index in [9.17, 15) is 9.59 Å². The topological polar surface area (TPSA) is 83.6 Å². The number of rotatable bonds is 2. The number of halogens is 1. The third kappa shape index (κ3) is 2.18. The lowest BCUT2D eigenvalue weighted by atomic mass is 10.2. The average molecular weight is 299 g/mol. The minimum atomic E-state index is -1.04. The molecule has 17 heavy (non-hydrogen) atoms. The van der Waals surface area contributed by atoms with Crippen molar-refractivity contribution in [2.24, 2.45) is 5.73 Å². The molecule has 5 nitrogen and oxygen atoms in total. The Labute approximate surface area is 106 Å². The van der Waals surface area contributed by atoms with Crippen molar-refractivity contribution >= 4 is 33.5 Å². The zero-order valence-corrected chi connectivity index (χ0v) is 10.4. The number of carbonyl (C=O) groups is 2. The highest BCUT2D eigenvalue weighted by atomic mass is 79.9. The van der Waals surface area contributed by atoms with Crippen LogP contribution in [0.25, 0.3) is 0 Å². The van der Waals surface area contributed by atoms with E-state index in [2.05, 4.69) is 15.9 Å². The fourth-order valence-corrected chi connectivity index (χ4v) is 2.31. The lowest BCUT2D eigenvalue weighted by molar-refractivity contribution is -0.138. The Kier molecular flexibility index (Phi) is 3.17. The van der Waals surface area contributed by atoms with E-state index in [-0.39, 0.29) is 12.3 Å². The monoisotopic (exact) mass is 298 g/mol. The third-order valence-corrected chi connectivity index (χ3v) is 3.21. The molecule has 0 radical (unpaired) electrons. The van der Waals surface area contributed by atoms with Crippen LogP contribution in [-0.2, 0) is 9.59 Å². The molecule has 1 amide bonds. The predicted octanol–water partition coefficient (Wildman–Crippen LogP) is 0.966. The van der Waals surface area contributed by atoms with E-state index < -0.39 is 18.1 Å². The number of nitrogens with zero attached hydrogens (tertiary/aromatic N) is 1. The largest absolute Gasteiger partial charge is 0.480 e. The summed E-state index contributed by atoms with van der Waals surface area (Å²) in [5, 5.41) is 9.09. The summed E-state index contributed by atoms with van der Waals surface area (Å²) in [6.07, 6.45) is 0.140. The summed E-state index contributed by atoms with van der Waals surface area (Å²) in [7, 11) is 0. The van der Waals surface area contributed by atoms with E-state index in [1.54, 1.807) is 24.3 Å². The molecule has 1 heterocycles. The molecule has 2 rings (SSSR count). The van der Waals surface area contributed by atoms with Gasteiger partial charge in [-0.3, -0.25) is 9.69 Å². The number of nitrogens with two attached hydrogens (primary N) is 1. The fraction of sp³-hybridized carbons (Fsp3) is 0.273. The molecule has 0 saturated carbocycles. The highest BCUT2D eigenvalue weighted by Gasteiger charge is 2.42. The first-order chi connectivity index (χ1) is 8.00. The SMILES string of the molecule is N[C@H]1C[C@@H](C(=O)O)N(c2cccc(Br)c2)C1=O. The Balaban J connectivity index is 2.41. The highest BCUT2D eigenvalue weighted by Crippen LogP contribution is 2.28. The van der Waals surface area contributed by atoms with Gasteiger partial charge in [-0.25, -0.2) is 4.79 Å². The zero-order chi connectivity index (χ0) is 12.6. The molecule has 1 fully saturated rings. The molecule has 0 aromatic heterocycles. The van der Waals surface area contributed by atoms with Gasteiger partial charge in [0.25, 0.3) is 0 Å². The molecule has 0 spiro atoms. The van der Waals surface area contributed by atoms with Crippen molar-refractivity contribution in [2.75, 3.05) is 4.90 Å². The first-order valence-corrected chi connectivity index (χ1v) is 5.87. The number of carboxylic acids is 1. The van der Waals surface area contributed by atoms with Gasteiger partial charge in [-0.05, 0) is 18.2 Å². The molecule has 1 aliphatic rings. The van der Waals surface area contributed by atoms with Gasteiger partial charge in [0.15, 0.2) is 0 Å². The Morgan fingerprint density at radius 1 is 1.53 bits per heavy atom. The number of benzene rings is 1. The molecule has 6 heteroatoms. The lowest BCUT2D eigenvalue weighted by Gasteiger charge is -2.21. The Hall–Kier alpha value is -1.40. The molecular formula is C11H11BrN2O3. The fourth-order valence-electron chi connectivity index (χ4n) is 1.92. The van der Waals surface area contributed by atoms with Gasteiger partial charge in [-0.15, -0.1) is 0 Å². The Bertz CT molecular complexity index is 478. The number of aliphatic carboxylic acids is 1. The summed E-state index contributed by atoms with van der Waals surface area (Å²) in [6.45, 7) is 0. The average Bonchev–Trinajstić information content (AvgIpc) is 2.56. The van der Waals surface area contributed by atoms with Gasteiger partial charge in [0.2, 0.25) is 5.91 Å². The standard InChI is InChI=1S/C11H11BrN2O3/c12-6-2-1-3-7(4-6)14-9(11(16)17)5-8(13)10(14)15/h1-4,8-9H,5,13H2,(H,16,17)/t8-,9-/m0/s1. The van der Waals surface area contributed by atoms with Crippen LogP contribution in [0.5, 0.6) is 0 Å². The molecule has 1 aliphatic heterocycles. The summed E-state index contributed by atoms with van der Waals surface area (Å²) in [5.41, 5.74) is 6.15. The molecule has 1 aromatic rings. The van der Waals surface area contributed by atoms with Gasteiger partial charge in [0.05, 0.1) is 6.04 Å². The van der Waals surface area contributed by atoms with Gasteiger partial charge < -0.3 is 10.8 Å². The summed E-state index contributed by atoms with van der Waals surface area (Å²) < 4.78 is 0.785. The second kappa shape index (κ2) is 4.46. The first-order valence-electron chi connectivity index (χ1n) is 5.07. The summed E-state index contributed by atoms with van der Waals surface area (Å²) in [5.74, 6) is -1.39. The summed E-state index contributed by atoms with van der Waals surface area (Å²) in [4.78, 5) is 24.2. The number of anilines is 1. The first kappa shape index (κ1) is 12.1. The second-order valence-corrected chi connectivity index (χ2v) is 4.80. The molecule has 0 unspecified atom stereocenters. The van der Waals surface area contributed by atoms with Crippen molar-refractivity contribution in [3.05, 3.63) is 28.7 Å². The second-order valence-electron chi connectivity index (χ2n) is 3.88. The van der Waals surface area contributed by atoms with Crippen LogP contribution in [0.1, 0.15) is 6.42 Å². The van der Waals surface area contributed by atoms with Crippen molar-refractivity contribution in [3.8, 4) is 0 Å². The van der Waals surface area contributed by atoms with E-state index in [0.29, 0.717) is 5.69 Å². The smallest absolute Gasteiger partial charge is 0.326 e. The normalized spacial score (nSPS) is 24.1. The van der Waals surface area contributed by atoms with Crippen molar-refractivity contribution in [1.82, 2.24) is 0 Å². The van der Waals surface area contributed by atoms with E-state index >= 15 is 0 Å². The van der Waals surface area contributed by atoms with E-state index in [1.807, 2.05) is 0 Å². The summed E-state index contributed by atoms with van der Waals surface area (Å²) in [6, 6.07) is 5.32. The molecular weight excluding hydrogens is 288 g/mol. The van der Waals surface area contributed by atoms with Gasteiger partial charge in [-0.1, -0.05) is 22.0 Å². The Morgan fingerprint density at radius 3 is 2.82 bits per heavy atom. The molecule has 0 bridgehead atoms. The minimum Gasteiger partial charge on any atom is -0.480 e. The molecule has 3 N–H and O–H groups in total. The molecule has 1 aromatic carbocycles. The van der Waals surface area contributed by atoms with Crippen LogP contribution in [0.15, 0.2) is 28.7 Å². The number of hydrogen-bond acceptors (Lipinski definition) is 3. The van der Waals surface area contributed by atoms with Crippen molar-refractivity contribution in [3.63, 3.8) is 0 Å². The molecule has 90 valence electrons. The van der Waals surface area contributed by atoms with Crippen LogP contribution in [0, 0.1) is 0 Å². The molecule has 2 atom stereocenters. The maximum Gasteiger partial charge on any atom is 0.326 e. The zero-order valence-electron chi connectivity index (χ0n) is 8.84. The van der Waals surface area contributed by atoms with E-state index in [0.717, 1.165) is 4.47 Å². The summed E-state index contributed by atoms with van der Waals surface area (Å²) >= 11 is 3.28. The minimum absolute atomic E-state index is 0.140. The van der Waals surface area contributed by atoms with Gasteiger partial charge in [-0.2, -0.15) is 0 Å². The van der Waals surface area contributed by atoms with Gasteiger partial charge in [0.1, 0.15) is 6.04 Å². The van der Waals surface area contributed by atoms with E-state index in [4.69, 9.17) is 10.8 Å². The van der Waals surface area contributed by atoms with Crippen molar-refractivity contribution < 1.29 is 14.7 Å². The quantitative estimate of drug-likeness (QED) is 0.852. The Morgan fingerprint density at radius 2 is 2.24 bits per heavy atom. The predicted molar refractivity (Wildman–Crippen MR) is 65.6 cm³/mol. The van der Waals surface area contributed by atoms with E-state index in [1.165, 1.54) is 4.90 Å². The van der Waals surface area contributed by atoms with Crippen molar-refractivity contribution in [1.29, 1.82) is 0 Å². The number of amides is 1. The molecule has 0 aliphatic carbocycles.